The lowest BCUT2D eigenvalue weighted by Crippen LogP contribution is -2.35. The first-order valence-electron chi connectivity index (χ1n) is 4.52. The van der Waals surface area contributed by atoms with Gasteiger partial charge in [0.15, 0.2) is 0 Å². The van der Waals surface area contributed by atoms with Crippen molar-refractivity contribution in [1.82, 2.24) is 0 Å². The second-order valence-electron chi connectivity index (χ2n) is 5.03. The van der Waals surface area contributed by atoms with Crippen LogP contribution in [0.15, 0.2) is 5.16 Å². The van der Waals surface area contributed by atoms with Crippen LogP contribution in [0.1, 0.15) is 40.0 Å². The largest absolute Gasteiger partial charge is 0.411 e. The molecule has 3 nitrogen and oxygen atoms in total. The highest BCUT2D eigenvalue weighted by Gasteiger charge is 2.39. The summed E-state index contributed by atoms with van der Waals surface area (Å²) in [5, 5.41) is 21.0. The zero-order valence-electron chi connectivity index (χ0n) is 8.46. The molecule has 1 fully saturated rings. The van der Waals surface area contributed by atoms with Crippen LogP contribution in [0.5, 0.6) is 0 Å². The summed E-state index contributed by atoms with van der Waals surface area (Å²) in [6, 6.07) is 2.31. The SMILES string of the molecule is CC1(C)CC(=NO)CC(C)(C#N)C1. The van der Waals surface area contributed by atoms with Gasteiger partial charge in [0.25, 0.3) is 0 Å². The molecule has 0 spiro atoms. The number of nitriles is 1. The molecule has 0 heterocycles. The number of nitrogens with zero attached hydrogens (tertiary/aromatic N) is 2. The quantitative estimate of drug-likeness (QED) is 0.460. The van der Waals surface area contributed by atoms with E-state index in [1.807, 2.05) is 6.92 Å². The van der Waals surface area contributed by atoms with Crippen LogP contribution < -0.4 is 0 Å². The van der Waals surface area contributed by atoms with Gasteiger partial charge in [-0.3, -0.25) is 0 Å². The van der Waals surface area contributed by atoms with Crippen LogP contribution in [0, 0.1) is 22.2 Å². The van der Waals surface area contributed by atoms with Crippen molar-refractivity contribution in [2.45, 2.75) is 40.0 Å². The van der Waals surface area contributed by atoms with Crippen molar-refractivity contribution in [3.63, 3.8) is 0 Å². The first-order chi connectivity index (χ1) is 5.91. The maximum Gasteiger partial charge on any atom is 0.0691 e. The molecule has 1 aliphatic carbocycles. The Balaban J connectivity index is 2.92. The molecule has 1 N–H and O–H groups in total. The maximum absolute atomic E-state index is 9.01. The fourth-order valence-corrected chi connectivity index (χ4v) is 2.40. The lowest BCUT2D eigenvalue weighted by atomic mass is 9.64. The zero-order chi connectivity index (χ0) is 10.1. The highest BCUT2D eigenvalue weighted by atomic mass is 16.4. The van der Waals surface area contributed by atoms with Crippen LogP contribution in [0.25, 0.3) is 0 Å². The van der Waals surface area contributed by atoms with Crippen molar-refractivity contribution in [2.75, 3.05) is 0 Å². The van der Waals surface area contributed by atoms with Crippen LogP contribution in [-0.4, -0.2) is 10.9 Å². The molecule has 1 atom stereocenters. The summed E-state index contributed by atoms with van der Waals surface area (Å²) in [6.45, 7) is 6.14. The van der Waals surface area contributed by atoms with E-state index in [1.54, 1.807) is 0 Å². The number of rotatable bonds is 0. The average molecular weight is 180 g/mol. The Morgan fingerprint density at radius 3 is 2.46 bits per heavy atom. The Morgan fingerprint density at radius 2 is 2.00 bits per heavy atom. The van der Waals surface area contributed by atoms with Crippen molar-refractivity contribution < 1.29 is 5.21 Å². The maximum atomic E-state index is 9.01. The van der Waals surface area contributed by atoms with Gasteiger partial charge in [0, 0.05) is 6.42 Å². The second kappa shape index (κ2) is 3.02. The molecule has 13 heavy (non-hydrogen) atoms. The molecule has 0 aliphatic heterocycles. The number of hydrogen-bond donors (Lipinski definition) is 1. The van der Waals surface area contributed by atoms with E-state index in [9.17, 15) is 0 Å². The summed E-state index contributed by atoms with van der Waals surface area (Å²) >= 11 is 0. The molecule has 0 aromatic carbocycles. The van der Waals surface area contributed by atoms with E-state index in [0.29, 0.717) is 6.42 Å². The summed E-state index contributed by atoms with van der Waals surface area (Å²) < 4.78 is 0. The Bertz CT molecular complexity index is 275. The monoisotopic (exact) mass is 180 g/mol. The third kappa shape index (κ3) is 2.21. The molecule has 1 saturated carbocycles. The van der Waals surface area contributed by atoms with Gasteiger partial charge >= 0.3 is 0 Å². The molecule has 0 radical (unpaired) electrons. The summed E-state index contributed by atoms with van der Waals surface area (Å²) in [4.78, 5) is 0. The summed E-state index contributed by atoms with van der Waals surface area (Å²) in [6.07, 6.45) is 2.26. The van der Waals surface area contributed by atoms with E-state index < -0.39 is 0 Å². The van der Waals surface area contributed by atoms with Gasteiger partial charge in [0.1, 0.15) is 0 Å². The minimum Gasteiger partial charge on any atom is -0.411 e. The third-order valence-corrected chi connectivity index (χ3v) is 2.56. The molecule has 3 heteroatoms. The molecule has 72 valence electrons. The van der Waals surface area contributed by atoms with E-state index in [0.717, 1.165) is 18.6 Å². The first-order valence-corrected chi connectivity index (χ1v) is 4.52. The minimum atomic E-state index is -0.358. The highest BCUT2D eigenvalue weighted by molar-refractivity contribution is 5.86. The average Bonchev–Trinajstić information content (AvgIpc) is 2.01. The molecule has 1 rings (SSSR count). The minimum absolute atomic E-state index is 0.0737. The van der Waals surface area contributed by atoms with E-state index >= 15 is 0 Å². The van der Waals surface area contributed by atoms with E-state index in [-0.39, 0.29) is 10.8 Å². The fourth-order valence-electron chi connectivity index (χ4n) is 2.40. The van der Waals surface area contributed by atoms with Crippen molar-refractivity contribution in [1.29, 1.82) is 5.26 Å². The highest BCUT2D eigenvalue weighted by Crippen LogP contribution is 2.44. The van der Waals surface area contributed by atoms with E-state index in [4.69, 9.17) is 10.5 Å². The Labute approximate surface area is 79.1 Å². The van der Waals surface area contributed by atoms with Gasteiger partial charge in [0.2, 0.25) is 0 Å². The second-order valence-corrected chi connectivity index (χ2v) is 5.03. The van der Waals surface area contributed by atoms with Crippen LogP contribution in [-0.2, 0) is 0 Å². The number of hydrogen-bond acceptors (Lipinski definition) is 3. The zero-order valence-corrected chi connectivity index (χ0v) is 8.46. The van der Waals surface area contributed by atoms with Gasteiger partial charge in [-0.15, -0.1) is 0 Å². The molecule has 0 saturated heterocycles. The molecule has 1 aliphatic rings. The smallest absolute Gasteiger partial charge is 0.0691 e. The summed E-state index contributed by atoms with van der Waals surface area (Å²) in [5.41, 5.74) is 0.466. The van der Waals surface area contributed by atoms with Crippen LogP contribution in [0.2, 0.25) is 0 Å². The van der Waals surface area contributed by atoms with Gasteiger partial charge in [-0.1, -0.05) is 19.0 Å². The Hall–Kier alpha value is -1.04. The van der Waals surface area contributed by atoms with Crippen molar-refractivity contribution >= 4 is 5.71 Å². The lowest BCUT2D eigenvalue weighted by molar-refractivity contribution is 0.206. The van der Waals surface area contributed by atoms with Crippen molar-refractivity contribution in [3.8, 4) is 6.07 Å². The molecule has 0 aromatic rings. The molecule has 0 amide bonds. The lowest BCUT2D eigenvalue weighted by Gasteiger charge is -2.38. The van der Waals surface area contributed by atoms with E-state index in [1.165, 1.54) is 0 Å². The first kappa shape index (κ1) is 10.0. The molecular formula is C10H16N2O. The van der Waals surface area contributed by atoms with Gasteiger partial charge in [0.05, 0.1) is 17.2 Å². The molecule has 1 unspecified atom stereocenters. The van der Waals surface area contributed by atoms with Crippen molar-refractivity contribution in [3.05, 3.63) is 0 Å². The van der Waals surface area contributed by atoms with Crippen LogP contribution in [0.4, 0.5) is 0 Å². The topological polar surface area (TPSA) is 56.4 Å². The van der Waals surface area contributed by atoms with Gasteiger partial charge < -0.3 is 5.21 Å². The van der Waals surface area contributed by atoms with Gasteiger partial charge in [-0.05, 0) is 25.2 Å². The molecule has 0 aromatic heterocycles. The number of oxime groups is 1. The van der Waals surface area contributed by atoms with Gasteiger partial charge in [-0.25, -0.2) is 0 Å². The fraction of sp³-hybridized carbons (Fsp3) is 0.800. The summed E-state index contributed by atoms with van der Waals surface area (Å²) in [5.74, 6) is 0. The van der Waals surface area contributed by atoms with Crippen LogP contribution in [0.3, 0.4) is 0 Å². The predicted molar refractivity (Wildman–Crippen MR) is 50.6 cm³/mol. The van der Waals surface area contributed by atoms with Crippen LogP contribution >= 0.6 is 0 Å². The van der Waals surface area contributed by atoms with Crippen molar-refractivity contribution in [2.24, 2.45) is 16.0 Å². The normalized spacial score (nSPS) is 35.7. The summed E-state index contributed by atoms with van der Waals surface area (Å²) in [7, 11) is 0. The molecule has 0 bridgehead atoms. The molecular weight excluding hydrogens is 164 g/mol. The standard InChI is InChI=1S/C10H16N2O/c1-9(2)4-8(12-13)5-10(3,6-9)7-11/h13H,4-6H2,1-3H3. The predicted octanol–water partition coefficient (Wildman–Crippen LogP) is 2.56. The Kier molecular flexibility index (Phi) is 2.34. The third-order valence-electron chi connectivity index (χ3n) is 2.56. The van der Waals surface area contributed by atoms with Gasteiger partial charge in [-0.2, -0.15) is 5.26 Å². The van der Waals surface area contributed by atoms with E-state index in [2.05, 4.69) is 25.1 Å². The Morgan fingerprint density at radius 1 is 1.38 bits per heavy atom.